The van der Waals surface area contributed by atoms with E-state index in [1.807, 2.05) is 6.92 Å². The number of hydrogen-bond acceptors (Lipinski definition) is 5. The second-order valence-electron chi connectivity index (χ2n) is 7.75. The number of nitrogens with one attached hydrogen (secondary N) is 1. The number of fused-ring (bicyclic) bond motifs is 1. The van der Waals surface area contributed by atoms with Crippen molar-refractivity contribution in [3.63, 3.8) is 0 Å². The fraction of sp³-hybridized carbons (Fsp3) is 0.571. The number of carbonyl (C=O) groups is 3. The number of piperidine rings is 1. The van der Waals surface area contributed by atoms with Gasteiger partial charge in [-0.3, -0.25) is 14.4 Å². The Kier molecular flexibility index (Phi) is 7.36. The largest absolute Gasteiger partial charge is 0.435 e. The number of nitrogens with zero attached hydrogens (tertiary/aromatic N) is 1. The number of amides is 2. The lowest BCUT2D eigenvalue weighted by Crippen LogP contribution is -2.52. The summed E-state index contributed by atoms with van der Waals surface area (Å²) >= 11 is 0. The van der Waals surface area contributed by atoms with Gasteiger partial charge in [0.1, 0.15) is 18.4 Å². The van der Waals surface area contributed by atoms with Crippen LogP contribution in [0, 0.1) is 5.92 Å². The van der Waals surface area contributed by atoms with E-state index in [-0.39, 0.29) is 42.0 Å². The zero-order valence-electron chi connectivity index (χ0n) is 16.8. The van der Waals surface area contributed by atoms with Crippen molar-refractivity contribution in [2.24, 2.45) is 5.92 Å². The van der Waals surface area contributed by atoms with Crippen LogP contribution in [0.25, 0.3) is 0 Å². The zero-order valence-corrected chi connectivity index (χ0v) is 16.8. The van der Waals surface area contributed by atoms with Crippen LogP contribution in [0.4, 0.5) is 8.78 Å². The van der Waals surface area contributed by atoms with Crippen LogP contribution in [0.1, 0.15) is 43.0 Å². The van der Waals surface area contributed by atoms with Crippen molar-refractivity contribution in [2.75, 3.05) is 19.7 Å². The summed E-state index contributed by atoms with van der Waals surface area (Å²) in [5.74, 6) is -0.406. The van der Waals surface area contributed by atoms with Gasteiger partial charge in [0.25, 0.3) is 5.91 Å². The summed E-state index contributed by atoms with van der Waals surface area (Å²) in [7, 11) is 0. The summed E-state index contributed by atoms with van der Waals surface area (Å²) in [5.41, 5.74) is 0.333. The van der Waals surface area contributed by atoms with Crippen molar-refractivity contribution in [2.45, 2.75) is 51.4 Å². The van der Waals surface area contributed by atoms with E-state index in [2.05, 4.69) is 10.1 Å². The molecule has 1 aromatic rings. The third kappa shape index (κ3) is 5.53. The number of benzene rings is 1. The van der Waals surface area contributed by atoms with Crippen LogP contribution < -0.4 is 10.1 Å². The molecular weight excluding hydrogens is 398 g/mol. The molecule has 3 atom stereocenters. The van der Waals surface area contributed by atoms with Crippen LogP contribution >= 0.6 is 0 Å². The minimum atomic E-state index is -2.91. The number of Topliss-reactive ketones (excluding diaryl/α,β-unsaturated/α-hetero) is 1. The van der Waals surface area contributed by atoms with Crippen LogP contribution in [0.15, 0.2) is 24.3 Å². The molecule has 2 amide bonds. The average molecular weight is 424 g/mol. The van der Waals surface area contributed by atoms with Crippen LogP contribution in [0.5, 0.6) is 5.75 Å². The molecule has 0 aromatic heterocycles. The third-order valence-electron chi connectivity index (χ3n) is 5.45. The number of ketones is 1. The van der Waals surface area contributed by atoms with Crippen molar-refractivity contribution in [1.29, 1.82) is 0 Å². The highest BCUT2D eigenvalue weighted by Gasteiger charge is 2.44. The smallest absolute Gasteiger partial charge is 0.387 e. The van der Waals surface area contributed by atoms with E-state index in [1.165, 1.54) is 24.3 Å². The minimum Gasteiger partial charge on any atom is -0.435 e. The first-order valence-corrected chi connectivity index (χ1v) is 10.1. The van der Waals surface area contributed by atoms with Gasteiger partial charge in [0.15, 0.2) is 5.78 Å². The molecule has 7 nitrogen and oxygen atoms in total. The molecule has 30 heavy (non-hydrogen) atoms. The Morgan fingerprint density at radius 3 is 2.73 bits per heavy atom. The van der Waals surface area contributed by atoms with Crippen LogP contribution in [0.3, 0.4) is 0 Å². The second-order valence-corrected chi connectivity index (χ2v) is 7.75. The molecule has 0 saturated carbocycles. The summed E-state index contributed by atoms with van der Waals surface area (Å²) in [6.07, 6.45) is 2.34. The molecule has 2 heterocycles. The first-order valence-electron chi connectivity index (χ1n) is 10.1. The van der Waals surface area contributed by atoms with Gasteiger partial charge in [-0.05, 0) is 49.4 Å². The number of carbonyl (C=O) groups excluding carboxylic acids is 3. The normalized spacial score (nSPS) is 22.0. The lowest BCUT2D eigenvalue weighted by Gasteiger charge is -2.36. The maximum absolute atomic E-state index is 12.7. The SMILES string of the molecule is CC(CCNC(=O)c1ccc(OC(F)F)cc1)CC(=O)N1CCCC2OCC(=O)C21. The predicted molar refractivity (Wildman–Crippen MR) is 103 cm³/mol. The maximum atomic E-state index is 12.7. The quantitative estimate of drug-likeness (QED) is 0.693. The molecule has 1 aromatic carbocycles. The number of ether oxygens (including phenoxy) is 2. The average Bonchev–Trinajstić information content (AvgIpc) is 3.09. The monoisotopic (exact) mass is 424 g/mol. The summed E-state index contributed by atoms with van der Waals surface area (Å²) in [5, 5.41) is 2.76. The topological polar surface area (TPSA) is 84.9 Å². The zero-order chi connectivity index (χ0) is 21.7. The minimum absolute atomic E-state index is 0.0141. The second kappa shape index (κ2) is 9.97. The summed E-state index contributed by atoms with van der Waals surface area (Å²) in [6.45, 7) is 0.0368. The molecule has 3 rings (SSSR count). The Morgan fingerprint density at radius 2 is 2.03 bits per heavy atom. The Labute approximate surface area is 173 Å². The van der Waals surface area contributed by atoms with Crippen molar-refractivity contribution in [3.05, 3.63) is 29.8 Å². The molecule has 1 N–H and O–H groups in total. The first-order chi connectivity index (χ1) is 14.3. The highest BCUT2D eigenvalue weighted by atomic mass is 19.3. The number of alkyl halides is 2. The molecule has 164 valence electrons. The van der Waals surface area contributed by atoms with E-state index >= 15 is 0 Å². The fourth-order valence-electron chi connectivity index (χ4n) is 3.91. The van der Waals surface area contributed by atoms with Crippen molar-refractivity contribution >= 4 is 17.6 Å². The predicted octanol–water partition coefficient (Wildman–Crippen LogP) is 2.39. The number of halogens is 2. The molecule has 0 radical (unpaired) electrons. The Hall–Kier alpha value is -2.55. The number of likely N-dealkylation sites (tertiary alicyclic amines) is 1. The third-order valence-corrected chi connectivity index (χ3v) is 5.45. The van der Waals surface area contributed by atoms with E-state index in [1.54, 1.807) is 4.90 Å². The van der Waals surface area contributed by atoms with Crippen molar-refractivity contribution < 1.29 is 32.6 Å². The molecule has 0 bridgehead atoms. The van der Waals surface area contributed by atoms with Gasteiger partial charge in [0.2, 0.25) is 5.91 Å². The summed E-state index contributed by atoms with van der Waals surface area (Å²) in [6, 6.07) is 4.99. The molecular formula is C21H26F2N2O5. The van der Waals surface area contributed by atoms with Gasteiger partial charge in [-0.15, -0.1) is 0 Å². The van der Waals surface area contributed by atoms with Gasteiger partial charge in [-0.2, -0.15) is 8.78 Å². The molecule has 0 spiro atoms. The highest BCUT2D eigenvalue weighted by Crippen LogP contribution is 2.27. The van der Waals surface area contributed by atoms with E-state index in [0.29, 0.717) is 31.5 Å². The Morgan fingerprint density at radius 1 is 1.30 bits per heavy atom. The van der Waals surface area contributed by atoms with Crippen molar-refractivity contribution in [1.82, 2.24) is 10.2 Å². The Balaban J connectivity index is 1.42. The van der Waals surface area contributed by atoms with Gasteiger partial charge in [0.05, 0.1) is 6.10 Å². The molecule has 2 aliphatic heterocycles. The van der Waals surface area contributed by atoms with Gasteiger partial charge in [-0.1, -0.05) is 6.92 Å². The van der Waals surface area contributed by atoms with Crippen LogP contribution in [-0.4, -0.2) is 61.0 Å². The van der Waals surface area contributed by atoms with Gasteiger partial charge >= 0.3 is 6.61 Å². The lowest BCUT2D eigenvalue weighted by molar-refractivity contribution is -0.141. The highest BCUT2D eigenvalue weighted by molar-refractivity contribution is 5.94. The standard InChI is InChI=1S/C21H26F2N2O5/c1-13(11-18(27)25-10-2-3-17-19(25)16(26)12-29-17)8-9-24-20(28)14-4-6-15(7-5-14)30-21(22)23/h4-7,13,17,19,21H,2-3,8-12H2,1H3,(H,24,28). The van der Waals surface area contributed by atoms with E-state index in [0.717, 1.165) is 12.8 Å². The lowest BCUT2D eigenvalue weighted by atomic mass is 9.95. The first kappa shape index (κ1) is 22.1. The molecule has 2 fully saturated rings. The molecule has 9 heteroatoms. The fourth-order valence-corrected chi connectivity index (χ4v) is 3.91. The van der Waals surface area contributed by atoms with Gasteiger partial charge in [-0.25, -0.2) is 0 Å². The van der Waals surface area contributed by atoms with Gasteiger partial charge < -0.3 is 19.7 Å². The van der Waals surface area contributed by atoms with Crippen molar-refractivity contribution in [3.8, 4) is 5.75 Å². The van der Waals surface area contributed by atoms with Crippen LogP contribution in [0.2, 0.25) is 0 Å². The van der Waals surface area contributed by atoms with Crippen LogP contribution in [-0.2, 0) is 14.3 Å². The van der Waals surface area contributed by atoms with E-state index in [9.17, 15) is 23.2 Å². The molecule has 3 unspecified atom stereocenters. The molecule has 0 aliphatic carbocycles. The number of rotatable bonds is 8. The summed E-state index contributed by atoms with van der Waals surface area (Å²) in [4.78, 5) is 38.6. The Bertz CT molecular complexity index is 771. The van der Waals surface area contributed by atoms with E-state index in [4.69, 9.17) is 4.74 Å². The molecule has 2 aliphatic rings. The molecule has 2 saturated heterocycles. The summed E-state index contributed by atoms with van der Waals surface area (Å²) < 4.78 is 34.1. The maximum Gasteiger partial charge on any atom is 0.387 e. The number of hydrogen-bond donors (Lipinski definition) is 1. The van der Waals surface area contributed by atoms with E-state index < -0.39 is 12.7 Å². The van der Waals surface area contributed by atoms with Gasteiger partial charge in [0, 0.05) is 25.1 Å².